The number of amides is 1. The fourth-order valence-corrected chi connectivity index (χ4v) is 3.87. The van der Waals surface area contributed by atoms with Crippen molar-refractivity contribution in [3.63, 3.8) is 0 Å². The van der Waals surface area contributed by atoms with Crippen LogP contribution >= 0.6 is 12.4 Å². The SMILES string of the molecule is CCN[C@H](C)CNC(=O)c1cccc(S(=O)(=O)Cc2ccccc2)c1.Cl. The summed E-state index contributed by atoms with van der Waals surface area (Å²) in [6.45, 7) is 5.28. The summed E-state index contributed by atoms with van der Waals surface area (Å²) in [6.07, 6.45) is 0. The minimum Gasteiger partial charge on any atom is -0.350 e. The van der Waals surface area contributed by atoms with Crippen LogP contribution in [-0.4, -0.2) is 33.5 Å². The van der Waals surface area contributed by atoms with Gasteiger partial charge in [0.15, 0.2) is 9.84 Å². The maximum Gasteiger partial charge on any atom is 0.251 e. The Balaban J connectivity index is 0.00000338. The van der Waals surface area contributed by atoms with Gasteiger partial charge in [-0.3, -0.25) is 4.79 Å². The van der Waals surface area contributed by atoms with Gasteiger partial charge in [-0.15, -0.1) is 12.4 Å². The van der Waals surface area contributed by atoms with Gasteiger partial charge in [0.05, 0.1) is 10.6 Å². The average molecular weight is 397 g/mol. The summed E-state index contributed by atoms with van der Waals surface area (Å²) in [5.74, 6) is -0.363. The van der Waals surface area contributed by atoms with Crippen LogP contribution in [0.4, 0.5) is 0 Å². The first-order valence-electron chi connectivity index (χ1n) is 8.30. The molecule has 0 fully saturated rings. The van der Waals surface area contributed by atoms with E-state index in [1.807, 2.05) is 19.9 Å². The number of halogens is 1. The van der Waals surface area contributed by atoms with Gasteiger partial charge in [0, 0.05) is 18.2 Å². The second kappa shape index (κ2) is 10.3. The Labute approximate surface area is 161 Å². The molecular weight excluding hydrogens is 372 g/mol. The fraction of sp³-hybridized carbons (Fsp3) is 0.316. The van der Waals surface area contributed by atoms with E-state index in [1.165, 1.54) is 12.1 Å². The number of sulfone groups is 1. The quantitative estimate of drug-likeness (QED) is 0.719. The van der Waals surface area contributed by atoms with E-state index in [-0.39, 0.29) is 35.0 Å². The van der Waals surface area contributed by atoms with E-state index in [9.17, 15) is 13.2 Å². The maximum atomic E-state index is 12.6. The second-order valence-electron chi connectivity index (χ2n) is 5.94. The number of hydrogen-bond donors (Lipinski definition) is 2. The molecular formula is C19H25ClN2O3S. The van der Waals surface area contributed by atoms with Gasteiger partial charge >= 0.3 is 0 Å². The van der Waals surface area contributed by atoms with E-state index in [2.05, 4.69) is 10.6 Å². The van der Waals surface area contributed by atoms with Crippen LogP contribution in [0.2, 0.25) is 0 Å². The molecule has 0 radical (unpaired) electrons. The van der Waals surface area contributed by atoms with Gasteiger partial charge in [0.1, 0.15) is 0 Å². The number of carbonyl (C=O) groups excluding carboxylic acids is 1. The molecule has 0 bridgehead atoms. The third-order valence-electron chi connectivity index (χ3n) is 3.78. The molecule has 0 heterocycles. The number of rotatable bonds is 8. The van der Waals surface area contributed by atoms with Crippen molar-refractivity contribution >= 4 is 28.2 Å². The minimum atomic E-state index is -3.50. The van der Waals surface area contributed by atoms with E-state index < -0.39 is 9.84 Å². The highest BCUT2D eigenvalue weighted by Crippen LogP contribution is 2.17. The molecule has 1 atom stereocenters. The fourth-order valence-electron chi connectivity index (χ4n) is 2.48. The Morgan fingerprint density at radius 3 is 2.42 bits per heavy atom. The van der Waals surface area contributed by atoms with Crippen LogP contribution in [-0.2, 0) is 15.6 Å². The zero-order valence-electron chi connectivity index (χ0n) is 14.9. The van der Waals surface area contributed by atoms with Gasteiger partial charge in [-0.2, -0.15) is 0 Å². The molecule has 0 aliphatic carbocycles. The molecule has 0 aliphatic rings. The molecule has 142 valence electrons. The summed E-state index contributed by atoms with van der Waals surface area (Å²) in [7, 11) is -3.50. The number of benzene rings is 2. The predicted octanol–water partition coefficient (Wildman–Crippen LogP) is 2.81. The Bertz CT molecular complexity index is 811. The Kier molecular flexibility index (Phi) is 8.78. The zero-order chi connectivity index (χ0) is 18.3. The first-order valence-corrected chi connectivity index (χ1v) is 9.96. The third-order valence-corrected chi connectivity index (χ3v) is 5.46. The van der Waals surface area contributed by atoms with E-state index in [4.69, 9.17) is 0 Å². The van der Waals surface area contributed by atoms with Gasteiger partial charge in [-0.05, 0) is 37.2 Å². The van der Waals surface area contributed by atoms with Gasteiger partial charge in [-0.1, -0.05) is 43.3 Å². The first kappa shape index (κ1) is 22.2. The lowest BCUT2D eigenvalue weighted by Crippen LogP contribution is -2.38. The number of likely N-dealkylation sites (N-methyl/N-ethyl adjacent to an activating group) is 1. The van der Waals surface area contributed by atoms with Crippen molar-refractivity contribution in [3.8, 4) is 0 Å². The highest BCUT2D eigenvalue weighted by Gasteiger charge is 2.17. The molecule has 2 rings (SSSR count). The van der Waals surface area contributed by atoms with Crippen LogP contribution in [0.5, 0.6) is 0 Å². The first-order chi connectivity index (χ1) is 11.9. The lowest BCUT2D eigenvalue weighted by Gasteiger charge is -2.13. The van der Waals surface area contributed by atoms with Crippen molar-refractivity contribution < 1.29 is 13.2 Å². The largest absolute Gasteiger partial charge is 0.350 e. The standard InChI is InChI=1S/C19H24N2O3S.ClH/c1-3-20-15(2)13-21-19(22)17-10-7-11-18(12-17)25(23,24)14-16-8-5-4-6-9-16;/h4-12,15,20H,3,13-14H2,1-2H3,(H,21,22);1H/t15-;/m1./s1. The number of nitrogens with one attached hydrogen (secondary N) is 2. The zero-order valence-corrected chi connectivity index (χ0v) is 16.6. The maximum absolute atomic E-state index is 12.6. The van der Waals surface area contributed by atoms with Gasteiger partial charge in [0.25, 0.3) is 5.91 Å². The van der Waals surface area contributed by atoms with Crippen molar-refractivity contribution in [1.29, 1.82) is 0 Å². The minimum absolute atomic E-state index is 0. The molecule has 0 aliphatic heterocycles. The normalized spacial score (nSPS) is 12.1. The molecule has 0 unspecified atom stereocenters. The number of hydrogen-bond acceptors (Lipinski definition) is 4. The molecule has 2 aromatic rings. The predicted molar refractivity (Wildman–Crippen MR) is 106 cm³/mol. The van der Waals surface area contributed by atoms with E-state index >= 15 is 0 Å². The third kappa shape index (κ3) is 6.44. The van der Waals surface area contributed by atoms with Crippen LogP contribution in [0.1, 0.15) is 29.8 Å². The molecule has 26 heavy (non-hydrogen) atoms. The van der Waals surface area contributed by atoms with E-state index in [1.54, 1.807) is 36.4 Å². The lowest BCUT2D eigenvalue weighted by atomic mass is 10.2. The molecule has 2 N–H and O–H groups in total. The summed E-state index contributed by atoms with van der Waals surface area (Å²) < 4.78 is 25.2. The molecule has 0 saturated carbocycles. The van der Waals surface area contributed by atoms with Crippen LogP contribution in [0.3, 0.4) is 0 Å². The van der Waals surface area contributed by atoms with Crippen molar-refractivity contribution in [3.05, 3.63) is 65.7 Å². The highest BCUT2D eigenvalue weighted by atomic mass is 35.5. The van der Waals surface area contributed by atoms with Crippen molar-refractivity contribution in [1.82, 2.24) is 10.6 Å². The van der Waals surface area contributed by atoms with Crippen LogP contribution < -0.4 is 10.6 Å². The van der Waals surface area contributed by atoms with E-state index in [0.717, 1.165) is 12.1 Å². The van der Waals surface area contributed by atoms with Crippen molar-refractivity contribution in [2.24, 2.45) is 0 Å². The Morgan fingerprint density at radius 2 is 1.77 bits per heavy atom. The highest BCUT2D eigenvalue weighted by molar-refractivity contribution is 7.90. The molecule has 0 aromatic heterocycles. The monoisotopic (exact) mass is 396 g/mol. The topological polar surface area (TPSA) is 75.3 Å². The summed E-state index contributed by atoms with van der Waals surface area (Å²) in [5, 5.41) is 6.02. The molecule has 1 amide bonds. The van der Waals surface area contributed by atoms with Crippen LogP contribution in [0, 0.1) is 0 Å². The summed E-state index contributed by atoms with van der Waals surface area (Å²) >= 11 is 0. The van der Waals surface area contributed by atoms with Gasteiger partial charge in [-0.25, -0.2) is 8.42 Å². The second-order valence-corrected chi connectivity index (χ2v) is 7.93. The van der Waals surface area contributed by atoms with Gasteiger partial charge < -0.3 is 10.6 Å². The molecule has 0 spiro atoms. The number of carbonyl (C=O) groups is 1. The molecule has 2 aromatic carbocycles. The Hall–Kier alpha value is -1.89. The van der Waals surface area contributed by atoms with Gasteiger partial charge in [0.2, 0.25) is 0 Å². The van der Waals surface area contributed by atoms with Crippen molar-refractivity contribution in [2.75, 3.05) is 13.1 Å². The Morgan fingerprint density at radius 1 is 1.08 bits per heavy atom. The van der Waals surface area contributed by atoms with E-state index in [0.29, 0.717) is 12.1 Å². The summed E-state index contributed by atoms with van der Waals surface area (Å²) in [4.78, 5) is 12.4. The average Bonchev–Trinajstić information content (AvgIpc) is 2.60. The van der Waals surface area contributed by atoms with Crippen molar-refractivity contribution in [2.45, 2.75) is 30.5 Å². The van der Waals surface area contributed by atoms with Crippen LogP contribution in [0.25, 0.3) is 0 Å². The smallest absolute Gasteiger partial charge is 0.251 e. The molecule has 5 nitrogen and oxygen atoms in total. The summed E-state index contributed by atoms with van der Waals surface area (Å²) in [6, 6.07) is 15.3. The molecule has 7 heteroatoms. The lowest BCUT2D eigenvalue weighted by molar-refractivity contribution is 0.0950. The molecule has 0 saturated heterocycles. The van der Waals surface area contributed by atoms with Crippen LogP contribution in [0.15, 0.2) is 59.5 Å². The summed E-state index contributed by atoms with van der Waals surface area (Å²) in [5.41, 5.74) is 1.06.